The number of rotatable bonds is 4. The fraction of sp³-hybridized carbons (Fsp3) is 0.263. The summed E-state index contributed by atoms with van der Waals surface area (Å²) >= 11 is 0. The van der Waals surface area contributed by atoms with Gasteiger partial charge in [-0.2, -0.15) is 0 Å². The molecule has 0 saturated heterocycles. The molecule has 0 heterocycles. The third-order valence-electron chi connectivity index (χ3n) is 4.41. The van der Waals surface area contributed by atoms with Crippen molar-refractivity contribution in [3.63, 3.8) is 0 Å². The number of hydrogen-bond donors (Lipinski definition) is 0. The number of benzene rings is 2. The maximum absolute atomic E-state index is 13.0. The molecule has 124 valence electrons. The molecule has 0 aromatic heterocycles. The minimum absolute atomic E-state index is 0.107. The Morgan fingerprint density at radius 1 is 0.917 bits per heavy atom. The molecule has 0 amide bonds. The number of carbonyl (C=O) groups excluding carboxylic acids is 2. The summed E-state index contributed by atoms with van der Waals surface area (Å²) in [6, 6.07) is 12.4. The molecule has 0 fully saturated rings. The molecule has 0 bridgehead atoms. The van der Waals surface area contributed by atoms with Gasteiger partial charge in [-0.15, -0.1) is 0 Å². The lowest BCUT2D eigenvalue weighted by atomic mass is 9.86. The van der Waals surface area contributed by atoms with Gasteiger partial charge >= 0.3 is 5.97 Å². The van der Waals surface area contributed by atoms with Gasteiger partial charge in [0, 0.05) is 5.56 Å². The molecule has 24 heavy (non-hydrogen) atoms. The number of carbonyl (C=O) groups is 2. The van der Waals surface area contributed by atoms with Crippen LogP contribution in [0.5, 0.6) is 11.5 Å². The number of methoxy groups -OCH3 is 3. The van der Waals surface area contributed by atoms with Gasteiger partial charge in [-0.05, 0) is 35.4 Å². The van der Waals surface area contributed by atoms with Crippen LogP contribution in [0, 0.1) is 0 Å². The summed E-state index contributed by atoms with van der Waals surface area (Å²) < 4.78 is 15.3. The molecule has 0 radical (unpaired) electrons. The molecular formula is C19H18O5. The van der Waals surface area contributed by atoms with Gasteiger partial charge in [0.25, 0.3) is 0 Å². The summed E-state index contributed by atoms with van der Waals surface area (Å²) in [6.45, 7) is 0. The van der Waals surface area contributed by atoms with Crippen molar-refractivity contribution in [1.82, 2.24) is 0 Å². The predicted molar refractivity (Wildman–Crippen MR) is 87.8 cm³/mol. The lowest BCUT2D eigenvalue weighted by Crippen LogP contribution is -2.20. The van der Waals surface area contributed by atoms with Crippen molar-refractivity contribution in [2.45, 2.75) is 11.8 Å². The fourth-order valence-electron chi connectivity index (χ4n) is 3.19. The molecule has 0 spiro atoms. The summed E-state index contributed by atoms with van der Waals surface area (Å²) in [5.74, 6) is -0.515. The number of Topliss-reactive ketones (excluding diaryl/α,β-unsaturated/α-hetero) is 1. The van der Waals surface area contributed by atoms with Crippen molar-refractivity contribution in [1.29, 1.82) is 0 Å². The molecule has 0 aliphatic heterocycles. The Bertz CT molecular complexity index is 779. The standard InChI is InChI=1S/C19H18O5/c1-22-12-6-4-11(5-7-12)16-17(19(21)24-3)14-9-8-13(23-2)10-15(14)18(16)20/h4-10,16-17H,1-3H3. The molecule has 1 aliphatic rings. The molecular weight excluding hydrogens is 308 g/mol. The normalized spacial score (nSPS) is 18.9. The largest absolute Gasteiger partial charge is 0.497 e. The first-order valence-electron chi connectivity index (χ1n) is 7.54. The highest BCUT2D eigenvalue weighted by molar-refractivity contribution is 6.11. The van der Waals surface area contributed by atoms with Gasteiger partial charge in [-0.3, -0.25) is 9.59 Å². The summed E-state index contributed by atoms with van der Waals surface area (Å²) in [7, 11) is 4.45. The monoisotopic (exact) mass is 326 g/mol. The van der Waals surface area contributed by atoms with Crippen LogP contribution in [0.4, 0.5) is 0 Å². The smallest absolute Gasteiger partial charge is 0.314 e. The third-order valence-corrected chi connectivity index (χ3v) is 4.41. The number of hydrogen-bond acceptors (Lipinski definition) is 5. The topological polar surface area (TPSA) is 61.8 Å². The zero-order valence-corrected chi connectivity index (χ0v) is 13.7. The lowest BCUT2D eigenvalue weighted by molar-refractivity contribution is -0.142. The second-order valence-corrected chi connectivity index (χ2v) is 5.57. The van der Waals surface area contributed by atoms with E-state index in [0.717, 1.165) is 5.56 Å². The maximum atomic E-state index is 13.0. The van der Waals surface area contributed by atoms with Crippen LogP contribution < -0.4 is 9.47 Å². The van der Waals surface area contributed by atoms with E-state index in [0.29, 0.717) is 22.6 Å². The van der Waals surface area contributed by atoms with Gasteiger partial charge < -0.3 is 14.2 Å². The van der Waals surface area contributed by atoms with E-state index in [2.05, 4.69) is 0 Å². The van der Waals surface area contributed by atoms with Gasteiger partial charge in [-0.25, -0.2) is 0 Å². The minimum Gasteiger partial charge on any atom is -0.497 e. The van der Waals surface area contributed by atoms with E-state index in [9.17, 15) is 9.59 Å². The zero-order chi connectivity index (χ0) is 17.3. The molecule has 0 saturated carbocycles. The van der Waals surface area contributed by atoms with Crippen molar-refractivity contribution in [2.75, 3.05) is 21.3 Å². The van der Waals surface area contributed by atoms with Crippen LogP contribution in [0.3, 0.4) is 0 Å². The van der Waals surface area contributed by atoms with E-state index in [1.54, 1.807) is 56.7 Å². The first-order chi connectivity index (χ1) is 11.6. The zero-order valence-electron chi connectivity index (χ0n) is 13.7. The molecule has 0 N–H and O–H groups in total. The average molecular weight is 326 g/mol. The Kier molecular flexibility index (Phi) is 4.25. The van der Waals surface area contributed by atoms with Crippen LogP contribution in [0.1, 0.15) is 33.3 Å². The molecule has 5 nitrogen and oxygen atoms in total. The highest BCUT2D eigenvalue weighted by Gasteiger charge is 2.45. The SMILES string of the molecule is COC(=O)C1c2ccc(OC)cc2C(=O)C1c1ccc(OC)cc1. The van der Waals surface area contributed by atoms with Crippen molar-refractivity contribution in [3.8, 4) is 11.5 Å². The number of fused-ring (bicyclic) bond motifs is 1. The first-order valence-corrected chi connectivity index (χ1v) is 7.54. The van der Waals surface area contributed by atoms with Crippen molar-refractivity contribution in [3.05, 3.63) is 59.2 Å². The second kappa shape index (κ2) is 6.35. The van der Waals surface area contributed by atoms with Gasteiger partial charge in [0.2, 0.25) is 0 Å². The van der Waals surface area contributed by atoms with Crippen molar-refractivity contribution >= 4 is 11.8 Å². The molecule has 1 aliphatic carbocycles. The molecule has 2 aromatic carbocycles. The van der Waals surface area contributed by atoms with E-state index < -0.39 is 17.8 Å². The van der Waals surface area contributed by atoms with E-state index in [1.165, 1.54) is 7.11 Å². The summed E-state index contributed by atoms with van der Waals surface area (Å²) in [5.41, 5.74) is 1.94. The molecule has 2 aromatic rings. The molecule has 5 heteroatoms. The van der Waals surface area contributed by atoms with E-state index >= 15 is 0 Å². The van der Waals surface area contributed by atoms with Crippen LogP contribution in [0.15, 0.2) is 42.5 Å². The quantitative estimate of drug-likeness (QED) is 0.809. The van der Waals surface area contributed by atoms with Gasteiger partial charge in [0.05, 0.1) is 33.2 Å². The van der Waals surface area contributed by atoms with Crippen LogP contribution >= 0.6 is 0 Å². The number of esters is 1. The fourth-order valence-corrected chi connectivity index (χ4v) is 3.19. The summed E-state index contributed by atoms with van der Waals surface area (Å²) in [4.78, 5) is 25.3. The molecule has 2 atom stereocenters. The first kappa shape index (κ1) is 16.1. The summed E-state index contributed by atoms with van der Waals surface area (Å²) in [6.07, 6.45) is 0. The van der Waals surface area contributed by atoms with Gasteiger partial charge in [0.15, 0.2) is 5.78 Å². The minimum atomic E-state index is -0.656. The third kappa shape index (κ3) is 2.52. The average Bonchev–Trinajstić information content (AvgIpc) is 2.93. The Hall–Kier alpha value is -2.82. The Morgan fingerprint density at radius 3 is 2.12 bits per heavy atom. The van der Waals surface area contributed by atoms with E-state index in [1.807, 2.05) is 0 Å². The van der Waals surface area contributed by atoms with Crippen molar-refractivity contribution in [2.24, 2.45) is 0 Å². The Morgan fingerprint density at radius 2 is 1.54 bits per heavy atom. The highest BCUT2D eigenvalue weighted by atomic mass is 16.5. The van der Waals surface area contributed by atoms with E-state index in [4.69, 9.17) is 14.2 Å². The Labute approximate surface area is 140 Å². The van der Waals surface area contributed by atoms with Gasteiger partial charge in [-0.1, -0.05) is 18.2 Å². The Balaban J connectivity index is 2.10. The van der Waals surface area contributed by atoms with Gasteiger partial charge in [0.1, 0.15) is 11.5 Å². The van der Waals surface area contributed by atoms with Crippen molar-refractivity contribution < 1.29 is 23.8 Å². The number of ether oxygens (including phenoxy) is 3. The van der Waals surface area contributed by atoms with Crippen LogP contribution in [-0.2, 0) is 9.53 Å². The maximum Gasteiger partial charge on any atom is 0.314 e. The molecule has 3 rings (SSSR count). The van der Waals surface area contributed by atoms with Crippen LogP contribution in [0.25, 0.3) is 0 Å². The van der Waals surface area contributed by atoms with E-state index in [-0.39, 0.29) is 5.78 Å². The molecule has 2 unspecified atom stereocenters. The highest BCUT2D eigenvalue weighted by Crippen LogP contribution is 2.45. The second-order valence-electron chi connectivity index (χ2n) is 5.57. The summed E-state index contributed by atoms with van der Waals surface area (Å²) in [5, 5.41) is 0. The van der Waals surface area contributed by atoms with Crippen LogP contribution in [-0.4, -0.2) is 33.1 Å². The lowest BCUT2D eigenvalue weighted by Gasteiger charge is -2.17. The predicted octanol–water partition coefficient (Wildman–Crippen LogP) is 2.94. The number of ketones is 1. The van der Waals surface area contributed by atoms with Crippen LogP contribution in [0.2, 0.25) is 0 Å².